The summed E-state index contributed by atoms with van der Waals surface area (Å²) in [5.41, 5.74) is 0. The van der Waals surface area contributed by atoms with Crippen LogP contribution in [0.25, 0.3) is 0 Å². The lowest BCUT2D eigenvalue weighted by atomic mass is 10.3. The quantitative estimate of drug-likeness (QED) is 0.336. The Labute approximate surface area is 183 Å². The Hall–Kier alpha value is -0.232. The Balaban J connectivity index is 3.33. The molecule has 0 fully saturated rings. The van der Waals surface area contributed by atoms with Gasteiger partial charge in [0.15, 0.2) is 16.6 Å². The van der Waals surface area contributed by atoms with Crippen LogP contribution in [0.3, 0.4) is 0 Å². The van der Waals surface area contributed by atoms with Gasteiger partial charge in [0.05, 0.1) is 0 Å². The molecule has 0 radical (unpaired) electrons. The minimum atomic E-state index is -2.71. The third kappa shape index (κ3) is 8.80. The maximum absolute atomic E-state index is 9.80. The van der Waals surface area contributed by atoms with E-state index in [4.69, 9.17) is 12.3 Å². The molecule has 2 unspecified atom stereocenters. The Bertz CT molecular complexity index is 624. The van der Waals surface area contributed by atoms with E-state index in [1.807, 2.05) is 12.1 Å². The smallest absolute Gasteiger partial charge is 0.350 e. The van der Waals surface area contributed by atoms with Gasteiger partial charge in [-0.1, -0.05) is 52.2 Å². The van der Waals surface area contributed by atoms with E-state index in [9.17, 15) is 5.11 Å². The second kappa shape index (κ2) is 10.9. The molecular weight excluding hydrogens is 429 g/mol. The Morgan fingerprint density at radius 3 is 1.55 bits per heavy atom. The maximum Gasteiger partial charge on any atom is 0.350 e. The highest BCUT2D eigenvalue weighted by Crippen LogP contribution is 2.30. The van der Waals surface area contributed by atoms with Gasteiger partial charge in [-0.15, -0.1) is 0 Å². The zero-order chi connectivity index (χ0) is 22.3. The van der Waals surface area contributed by atoms with Crippen LogP contribution in [-0.4, -0.2) is 38.9 Å². The molecule has 0 saturated heterocycles. The second-order valence-corrected chi connectivity index (χ2v) is 25.4. The Morgan fingerprint density at radius 1 is 0.655 bits per heavy atom. The summed E-state index contributed by atoms with van der Waals surface area (Å²) in [7, 11) is -8.79. The summed E-state index contributed by atoms with van der Waals surface area (Å²) in [5, 5.41) is 10.9. The fraction of sp³-hybridized carbons (Fsp3) is 0.714. The molecule has 0 spiro atoms. The largest absolute Gasteiger partial charge is 0.508 e. The third-order valence-electron chi connectivity index (χ3n) is 5.17. The van der Waals surface area contributed by atoms with Crippen molar-refractivity contribution in [3.05, 3.63) is 24.3 Å². The van der Waals surface area contributed by atoms with Crippen LogP contribution < -0.4 is 5.19 Å². The molecule has 1 rings (SSSR count). The summed E-state index contributed by atoms with van der Waals surface area (Å²) >= 11 is 0. The van der Waals surface area contributed by atoms with Crippen molar-refractivity contribution in [3.63, 3.8) is 0 Å². The van der Waals surface area contributed by atoms with E-state index in [1.54, 1.807) is 12.1 Å². The SMILES string of the molecule is CCC[Si](C)(C)O[Si](C)(CCC)O[Si](C)(O[Si](C)(C)CCC)c1ccc(O)cc1. The van der Waals surface area contributed by atoms with Crippen LogP contribution in [0, 0.1) is 0 Å². The molecule has 0 aliphatic heterocycles. The van der Waals surface area contributed by atoms with Crippen molar-refractivity contribution in [2.24, 2.45) is 0 Å². The third-order valence-corrected chi connectivity index (χ3v) is 22.4. The van der Waals surface area contributed by atoms with Crippen LogP contribution in [0.5, 0.6) is 5.75 Å². The molecule has 0 aliphatic rings. The fourth-order valence-electron chi connectivity index (χ4n) is 4.31. The van der Waals surface area contributed by atoms with Gasteiger partial charge in [0, 0.05) is 0 Å². The standard InChI is InChI=1S/C21H44O4Si4/c1-10-17-26(4,5)23-28(8,19-12-3)25-29(9,24-27(6,7)18-11-2)21-15-13-20(22)14-16-21/h13-16,22H,10-12,17-19H2,1-9H3. The van der Waals surface area contributed by atoms with Crippen molar-refractivity contribution in [1.29, 1.82) is 0 Å². The van der Waals surface area contributed by atoms with E-state index < -0.39 is 33.8 Å². The average Bonchev–Trinajstić information content (AvgIpc) is 2.53. The minimum absolute atomic E-state index is 0.275. The van der Waals surface area contributed by atoms with E-state index in [-0.39, 0.29) is 5.75 Å². The predicted molar refractivity (Wildman–Crippen MR) is 134 cm³/mol. The van der Waals surface area contributed by atoms with Crippen LogP contribution in [0.15, 0.2) is 24.3 Å². The molecule has 0 aromatic heterocycles. The fourth-order valence-corrected chi connectivity index (χ4v) is 24.2. The monoisotopic (exact) mass is 472 g/mol. The van der Waals surface area contributed by atoms with E-state index in [0.29, 0.717) is 0 Å². The summed E-state index contributed by atoms with van der Waals surface area (Å²) in [6.45, 7) is 20.3. The van der Waals surface area contributed by atoms with E-state index in [1.165, 1.54) is 0 Å². The van der Waals surface area contributed by atoms with Crippen molar-refractivity contribution in [2.45, 2.75) is 97.4 Å². The molecule has 0 bridgehead atoms. The molecule has 0 amide bonds. The molecule has 8 heteroatoms. The van der Waals surface area contributed by atoms with E-state index in [0.717, 1.165) is 42.6 Å². The minimum Gasteiger partial charge on any atom is -0.508 e. The van der Waals surface area contributed by atoms with Crippen LogP contribution in [0.1, 0.15) is 40.0 Å². The lowest BCUT2D eigenvalue weighted by molar-refractivity contribution is 0.325. The molecule has 4 nitrogen and oxygen atoms in total. The molecule has 2 atom stereocenters. The van der Waals surface area contributed by atoms with Crippen LogP contribution in [-0.2, 0) is 12.3 Å². The van der Waals surface area contributed by atoms with Gasteiger partial charge in [0.2, 0.25) is 0 Å². The van der Waals surface area contributed by atoms with Gasteiger partial charge in [0.25, 0.3) is 0 Å². The summed E-state index contributed by atoms with van der Waals surface area (Å²) in [4.78, 5) is 0. The maximum atomic E-state index is 9.80. The van der Waals surface area contributed by atoms with Crippen molar-refractivity contribution in [1.82, 2.24) is 0 Å². The van der Waals surface area contributed by atoms with Gasteiger partial charge in [-0.3, -0.25) is 0 Å². The number of phenols is 1. The topological polar surface area (TPSA) is 47.9 Å². The number of hydrogen-bond acceptors (Lipinski definition) is 4. The van der Waals surface area contributed by atoms with Crippen molar-refractivity contribution >= 4 is 38.9 Å². The predicted octanol–water partition coefficient (Wildman–Crippen LogP) is 6.43. The van der Waals surface area contributed by atoms with E-state index in [2.05, 4.69) is 60.1 Å². The Kier molecular flexibility index (Phi) is 10.1. The molecule has 0 aliphatic carbocycles. The van der Waals surface area contributed by atoms with Gasteiger partial charge < -0.3 is 17.5 Å². The highest BCUT2D eigenvalue weighted by molar-refractivity contribution is 6.95. The van der Waals surface area contributed by atoms with Crippen LogP contribution in [0.4, 0.5) is 0 Å². The first-order chi connectivity index (χ1) is 13.3. The second-order valence-electron chi connectivity index (χ2n) is 9.70. The number of rotatable bonds is 13. The molecule has 168 valence electrons. The summed E-state index contributed by atoms with van der Waals surface area (Å²) in [6, 6.07) is 10.7. The highest BCUT2D eigenvalue weighted by atomic mass is 28.5. The Morgan fingerprint density at radius 2 is 1.10 bits per heavy atom. The van der Waals surface area contributed by atoms with Crippen LogP contribution in [0.2, 0.25) is 57.4 Å². The molecule has 1 N–H and O–H groups in total. The number of benzene rings is 1. The highest BCUT2D eigenvalue weighted by Gasteiger charge is 2.48. The molecule has 0 heterocycles. The summed E-state index contributed by atoms with van der Waals surface area (Å²) < 4.78 is 20.9. The number of hydrogen-bond donors (Lipinski definition) is 1. The van der Waals surface area contributed by atoms with Gasteiger partial charge in [-0.05, 0) is 74.7 Å². The zero-order valence-corrected chi connectivity index (χ0v) is 24.2. The molecule has 0 saturated carbocycles. The van der Waals surface area contributed by atoms with Gasteiger partial charge >= 0.3 is 17.1 Å². The first-order valence-electron chi connectivity index (χ1n) is 11.2. The van der Waals surface area contributed by atoms with Gasteiger partial charge in [-0.25, -0.2) is 0 Å². The molecular formula is C21H44O4Si4. The zero-order valence-electron chi connectivity index (χ0n) is 20.2. The normalized spacial score (nSPS) is 17.0. The summed E-state index contributed by atoms with van der Waals surface area (Å²) in [5.74, 6) is 0.275. The lowest BCUT2D eigenvalue weighted by Crippen LogP contribution is -2.64. The summed E-state index contributed by atoms with van der Waals surface area (Å²) in [6.07, 6.45) is 3.32. The number of phenolic OH excluding ortho intramolecular Hbond substituents is 1. The van der Waals surface area contributed by atoms with Crippen molar-refractivity contribution in [2.75, 3.05) is 0 Å². The van der Waals surface area contributed by atoms with Crippen molar-refractivity contribution in [3.8, 4) is 5.75 Å². The number of aromatic hydroxyl groups is 1. The van der Waals surface area contributed by atoms with Gasteiger partial charge in [-0.2, -0.15) is 0 Å². The van der Waals surface area contributed by atoms with Crippen LogP contribution >= 0.6 is 0 Å². The molecule has 1 aromatic carbocycles. The van der Waals surface area contributed by atoms with E-state index >= 15 is 0 Å². The lowest BCUT2D eigenvalue weighted by Gasteiger charge is -2.44. The molecule has 29 heavy (non-hydrogen) atoms. The first-order valence-corrected chi connectivity index (χ1v) is 22.3. The van der Waals surface area contributed by atoms with Crippen molar-refractivity contribution < 1.29 is 17.5 Å². The molecule has 1 aromatic rings. The first kappa shape index (κ1) is 26.8. The average molecular weight is 473 g/mol. The van der Waals surface area contributed by atoms with Gasteiger partial charge in [0.1, 0.15) is 5.75 Å².